The lowest BCUT2D eigenvalue weighted by Gasteiger charge is -2.32. The van der Waals surface area contributed by atoms with Crippen LogP contribution in [0.5, 0.6) is 0 Å². The topological polar surface area (TPSA) is 88.2 Å². The molecule has 106 valence electrons. The third-order valence-electron chi connectivity index (χ3n) is 3.19. The zero-order valence-electron chi connectivity index (χ0n) is 10.8. The van der Waals surface area contributed by atoms with Gasteiger partial charge in [-0.15, -0.1) is 0 Å². The molecule has 3 amide bonds. The number of amides is 3. The zero-order chi connectivity index (χ0) is 13.8. The van der Waals surface area contributed by atoms with Gasteiger partial charge < -0.3 is 14.8 Å². The SMILES string of the molecule is COC(=O)C1CN(CCN2C(=O)CNC2=O)CCO1. The Morgan fingerprint density at radius 2 is 2.26 bits per heavy atom. The van der Waals surface area contributed by atoms with E-state index in [1.807, 2.05) is 4.90 Å². The van der Waals surface area contributed by atoms with Crippen LogP contribution in [0, 0.1) is 0 Å². The number of morpholine rings is 1. The molecule has 0 aromatic carbocycles. The Bertz CT molecular complexity index is 371. The number of ether oxygens (including phenoxy) is 2. The van der Waals surface area contributed by atoms with Crippen LogP contribution >= 0.6 is 0 Å². The second kappa shape index (κ2) is 5.98. The van der Waals surface area contributed by atoms with E-state index in [-0.39, 0.29) is 18.5 Å². The van der Waals surface area contributed by atoms with E-state index < -0.39 is 12.1 Å². The molecule has 8 heteroatoms. The van der Waals surface area contributed by atoms with Crippen LogP contribution in [0.15, 0.2) is 0 Å². The van der Waals surface area contributed by atoms with E-state index in [9.17, 15) is 14.4 Å². The van der Waals surface area contributed by atoms with Crippen LogP contribution < -0.4 is 5.32 Å². The first-order valence-electron chi connectivity index (χ1n) is 6.12. The molecule has 2 aliphatic rings. The van der Waals surface area contributed by atoms with Gasteiger partial charge in [-0.25, -0.2) is 9.59 Å². The molecule has 1 N–H and O–H groups in total. The molecule has 2 aliphatic heterocycles. The van der Waals surface area contributed by atoms with Crippen LogP contribution in [0.25, 0.3) is 0 Å². The second-order valence-electron chi connectivity index (χ2n) is 4.39. The summed E-state index contributed by atoms with van der Waals surface area (Å²) in [5, 5.41) is 2.46. The number of carbonyl (C=O) groups excluding carboxylic acids is 3. The third kappa shape index (κ3) is 3.21. The Hall–Kier alpha value is -1.67. The summed E-state index contributed by atoms with van der Waals surface area (Å²) >= 11 is 0. The van der Waals surface area contributed by atoms with Crippen LogP contribution in [-0.2, 0) is 19.1 Å². The van der Waals surface area contributed by atoms with Gasteiger partial charge in [-0.1, -0.05) is 0 Å². The van der Waals surface area contributed by atoms with E-state index in [1.165, 1.54) is 12.0 Å². The Morgan fingerprint density at radius 1 is 1.47 bits per heavy atom. The summed E-state index contributed by atoms with van der Waals surface area (Å²) in [6.45, 7) is 2.41. The first-order valence-corrected chi connectivity index (χ1v) is 6.12. The van der Waals surface area contributed by atoms with Gasteiger partial charge in [0, 0.05) is 26.2 Å². The van der Waals surface area contributed by atoms with Gasteiger partial charge in [0.15, 0.2) is 6.10 Å². The number of rotatable bonds is 4. The van der Waals surface area contributed by atoms with Crippen LogP contribution in [0.4, 0.5) is 4.79 Å². The molecule has 2 rings (SSSR count). The third-order valence-corrected chi connectivity index (χ3v) is 3.19. The molecule has 0 aromatic heterocycles. The number of nitrogens with zero attached hydrogens (tertiary/aromatic N) is 2. The average molecular weight is 271 g/mol. The maximum Gasteiger partial charge on any atom is 0.336 e. The largest absolute Gasteiger partial charge is 0.467 e. The highest BCUT2D eigenvalue weighted by atomic mass is 16.6. The van der Waals surface area contributed by atoms with Gasteiger partial charge in [-0.3, -0.25) is 14.6 Å². The van der Waals surface area contributed by atoms with Crippen molar-refractivity contribution in [1.82, 2.24) is 15.1 Å². The Morgan fingerprint density at radius 3 is 2.89 bits per heavy atom. The Kier molecular flexibility index (Phi) is 4.33. The minimum atomic E-state index is -0.596. The lowest BCUT2D eigenvalue weighted by atomic mass is 10.2. The van der Waals surface area contributed by atoms with Crippen molar-refractivity contribution in [2.75, 3.05) is 46.4 Å². The summed E-state index contributed by atoms with van der Waals surface area (Å²) in [6, 6.07) is -0.359. The van der Waals surface area contributed by atoms with Gasteiger partial charge in [0.1, 0.15) is 0 Å². The van der Waals surface area contributed by atoms with Crippen molar-refractivity contribution < 1.29 is 23.9 Å². The number of esters is 1. The molecule has 19 heavy (non-hydrogen) atoms. The van der Waals surface area contributed by atoms with Crippen molar-refractivity contribution in [3.05, 3.63) is 0 Å². The fourth-order valence-electron chi connectivity index (χ4n) is 2.10. The van der Waals surface area contributed by atoms with Crippen LogP contribution in [0.3, 0.4) is 0 Å². The molecule has 8 nitrogen and oxygen atoms in total. The van der Waals surface area contributed by atoms with Gasteiger partial charge in [0.25, 0.3) is 0 Å². The number of methoxy groups -OCH3 is 1. The highest BCUT2D eigenvalue weighted by Crippen LogP contribution is 2.07. The molecule has 0 spiro atoms. The fraction of sp³-hybridized carbons (Fsp3) is 0.727. The highest BCUT2D eigenvalue weighted by Gasteiger charge is 2.31. The lowest BCUT2D eigenvalue weighted by Crippen LogP contribution is -2.49. The Balaban J connectivity index is 1.81. The van der Waals surface area contributed by atoms with Crippen molar-refractivity contribution in [2.45, 2.75) is 6.10 Å². The number of hydrogen-bond acceptors (Lipinski definition) is 6. The summed E-state index contributed by atoms with van der Waals surface area (Å²) in [5.41, 5.74) is 0. The number of imide groups is 1. The molecular weight excluding hydrogens is 254 g/mol. The maximum absolute atomic E-state index is 11.4. The van der Waals surface area contributed by atoms with E-state index in [0.29, 0.717) is 32.8 Å². The molecule has 1 unspecified atom stereocenters. The van der Waals surface area contributed by atoms with Gasteiger partial charge in [-0.05, 0) is 0 Å². The molecule has 2 heterocycles. The normalized spacial score (nSPS) is 24.5. The number of hydrogen-bond donors (Lipinski definition) is 1. The lowest BCUT2D eigenvalue weighted by molar-refractivity contribution is -0.159. The fourth-order valence-corrected chi connectivity index (χ4v) is 2.10. The summed E-state index contributed by atoms with van der Waals surface area (Å²) in [5.74, 6) is -0.623. The number of nitrogens with one attached hydrogen (secondary N) is 1. The van der Waals surface area contributed by atoms with E-state index in [4.69, 9.17) is 4.74 Å². The van der Waals surface area contributed by atoms with Gasteiger partial charge in [0.2, 0.25) is 5.91 Å². The first-order chi connectivity index (χ1) is 9.11. The predicted octanol–water partition coefficient (Wildman–Crippen LogP) is -1.59. The molecule has 0 saturated carbocycles. The molecule has 0 aliphatic carbocycles. The molecule has 0 bridgehead atoms. The van der Waals surface area contributed by atoms with E-state index in [1.54, 1.807) is 0 Å². The van der Waals surface area contributed by atoms with Gasteiger partial charge in [0.05, 0.1) is 20.3 Å². The first kappa shape index (κ1) is 13.8. The number of carbonyl (C=O) groups is 3. The number of urea groups is 1. The van der Waals surface area contributed by atoms with Crippen molar-refractivity contribution >= 4 is 17.9 Å². The quantitative estimate of drug-likeness (QED) is 0.490. The summed E-state index contributed by atoms with van der Waals surface area (Å²) in [6.07, 6.45) is -0.596. The highest BCUT2D eigenvalue weighted by molar-refractivity contribution is 6.01. The minimum absolute atomic E-state index is 0.0622. The Labute approximate surface area is 110 Å². The smallest absolute Gasteiger partial charge is 0.336 e. The van der Waals surface area contributed by atoms with Crippen molar-refractivity contribution in [2.24, 2.45) is 0 Å². The zero-order valence-corrected chi connectivity index (χ0v) is 10.8. The molecule has 2 fully saturated rings. The summed E-state index contributed by atoms with van der Waals surface area (Å²) < 4.78 is 9.93. The predicted molar refractivity (Wildman–Crippen MR) is 63.3 cm³/mol. The van der Waals surface area contributed by atoms with Crippen molar-refractivity contribution in [3.63, 3.8) is 0 Å². The van der Waals surface area contributed by atoms with E-state index in [0.717, 1.165) is 0 Å². The minimum Gasteiger partial charge on any atom is -0.467 e. The van der Waals surface area contributed by atoms with Crippen molar-refractivity contribution in [1.29, 1.82) is 0 Å². The van der Waals surface area contributed by atoms with Crippen molar-refractivity contribution in [3.8, 4) is 0 Å². The van der Waals surface area contributed by atoms with Crippen LogP contribution in [-0.4, -0.2) is 80.3 Å². The molecule has 0 radical (unpaired) electrons. The molecular formula is C11H17N3O5. The standard InChI is InChI=1S/C11H17N3O5/c1-18-10(16)8-7-13(4-5-19-8)2-3-14-9(15)6-12-11(14)17/h8H,2-7H2,1H3,(H,12,17). The average Bonchev–Trinajstić information content (AvgIpc) is 2.75. The monoisotopic (exact) mass is 271 g/mol. The van der Waals surface area contributed by atoms with Crippen LogP contribution in [0.2, 0.25) is 0 Å². The summed E-state index contributed by atoms with van der Waals surface area (Å²) in [7, 11) is 1.32. The van der Waals surface area contributed by atoms with Crippen LogP contribution in [0.1, 0.15) is 0 Å². The van der Waals surface area contributed by atoms with Gasteiger partial charge in [-0.2, -0.15) is 0 Å². The second-order valence-corrected chi connectivity index (χ2v) is 4.39. The molecule has 1 atom stereocenters. The maximum atomic E-state index is 11.4. The van der Waals surface area contributed by atoms with E-state index in [2.05, 4.69) is 10.1 Å². The molecule has 2 saturated heterocycles. The van der Waals surface area contributed by atoms with E-state index >= 15 is 0 Å². The van der Waals surface area contributed by atoms with Gasteiger partial charge >= 0.3 is 12.0 Å². The molecule has 0 aromatic rings. The summed E-state index contributed by atoms with van der Waals surface area (Å²) in [4.78, 5) is 37.3.